The van der Waals surface area contributed by atoms with Crippen LogP contribution >= 0.6 is 11.8 Å². The second kappa shape index (κ2) is 9.46. The van der Waals surface area contributed by atoms with Gasteiger partial charge in [0.2, 0.25) is 5.91 Å². The minimum Gasteiger partial charge on any atom is -0.372 e. The Labute approximate surface area is 164 Å². The molecule has 0 aromatic heterocycles. The molecule has 3 rings (SSSR count). The summed E-state index contributed by atoms with van der Waals surface area (Å²) in [5.41, 5.74) is 2.51. The minimum atomic E-state index is -0.107. The number of anilines is 2. The Hall–Kier alpha value is -2.47. The number of rotatable bonds is 7. The van der Waals surface area contributed by atoms with Crippen LogP contribution in [0, 0.1) is 0 Å². The van der Waals surface area contributed by atoms with Gasteiger partial charge in [0.25, 0.3) is 5.91 Å². The first-order valence-corrected chi connectivity index (χ1v) is 10.3. The zero-order chi connectivity index (χ0) is 19.1. The third-order valence-electron chi connectivity index (χ3n) is 4.50. The van der Waals surface area contributed by atoms with E-state index in [0.717, 1.165) is 35.8 Å². The zero-order valence-corrected chi connectivity index (χ0v) is 16.3. The molecule has 0 saturated carbocycles. The van der Waals surface area contributed by atoms with Crippen molar-refractivity contribution in [3.8, 4) is 0 Å². The van der Waals surface area contributed by atoms with E-state index in [1.807, 2.05) is 30.3 Å². The predicted octanol–water partition coefficient (Wildman–Crippen LogP) is 3.77. The molecule has 0 radical (unpaired) electrons. The fourth-order valence-electron chi connectivity index (χ4n) is 3.04. The summed E-state index contributed by atoms with van der Waals surface area (Å²) in [6.07, 6.45) is 1.36. The van der Waals surface area contributed by atoms with E-state index >= 15 is 0 Å². The number of carbonyl (C=O) groups excluding carboxylic acids is 2. The van der Waals surface area contributed by atoms with E-state index < -0.39 is 0 Å². The van der Waals surface area contributed by atoms with Crippen LogP contribution in [0.5, 0.6) is 0 Å². The average molecular weight is 384 g/mol. The fourth-order valence-corrected chi connectivity index (χ4v) is 3.98. The Kier molecular flexibility index (Phi) is 6.76. The Morgan fingerprint density at radius 1 is 1.22 bits per heavy atom. The lowest BCUT2D eigenvalue weighted by molar-refractivity contribution is -0.115. The number of nitrogens with one attached hydrogen (secondary N) is 2. The van der Waals surface area contributed by atoms with Gasteiger partial charge in [-0.2, -0.15) is 0 Å². The molecular formula is C21H25N3O2S. The average Bonchev–Trinajstić information content (AvgIpc) is 2.88. The molecule has 142 valence electrons. The summed E-state index contributed by atoms with van der Waals surface area (Å²) in [6.45, 7) is 4.56. The van der Waals surface area contributed by atoms with Crippen LogP contribution in [0.3, 0.4) is 0 Å². The Morgan fingerprint density at radius 3 is 2.81 bits per heavy atom. The Bertz CT molecular complexity index is 795. The third kappa shape index (κ3) is 5.26. The summed E-state index contributed by atoms with van der Waals surface area (Å²) in [5, 5.41) is 5.86. The summed E-state index contributed by atoms with van der Waals surface area (Å²) in [4.78, 5) is 27.5. The van der Waals surface area contributed by atoms with Gasteiger partial charge in [-0.3, -0.25) is 9.59 Å². The molecule has 0 spiro atoms. The van der Waals surface area contributed by atoms with E-state index in [1.165, 1.54) is 5.69 Å². The molecule has 0 unspecified atom stereocenters. The second-order valence-corrected chi connectivity index (χ2v) is 7.52. The second-order valence-electron chi connectivity index (χ2n) is 6.38. The summed E-state index contributed by atoms with van der Waals surface area (Å²) >= 11 is 1.64. The van der Waals surface area contributed by atoms with Crippen molar-refractivity contribution in [1.29, 1.82) is 0 Å². The van der Waals surface area contributed by atoms with Gasteiger partial charge in [0.1, 0.15) is 0 Å². The minimum absolute atomic E-state index is 0.000577. The van der Waals surface area contributed by atoms with Crippen molar-refractivity contribution in [2.24, 2.45) is 0 Å². The molecule has 0 saturated heterocycles. The van der Waals surface area contributed by atoms with Crippen molar-refractivity contribution in [2.45, 2.75) is 24.7 Å². The van der Waals surface area contributed by atoms with Crippen LogP contribution in [0.15, 0.2) is 53.4 Å². The molecule has 0 aliphatic carbocycles. The maximum atomic E-state index is 12.4. The van der Waals surface area contributed by atoms with Crippen molar-refractivity contribution >= 4 is 35.0 Å². The van der Waals surface area contributed by atoms with Gasteiger partial charge in [-0.25, -0.2) is 0 Å². The van der Waals surface area contributed by atoms with E-state index in [2.05, 4.69) is 34.6 Å². The molecule has 27 heavy (non-hydrogen) atoms. The normalized spacial score (nSPS) is 13.3. The highest BCUT2D eigenvalue weighted by Crippen LogP contribution is 2.31. The van der Waals surface area contributed by atoms with Gasteiger partial charge in [-0.05, 0) is 43.7 Å². The van der Waals surface area contributed by atoms with Gasteiger partial charge in [0.05, 0.1) is 5.69 Å². The first-order valence-electron chi connectivity index (χ1n) is 9.32. The predicted molar refractivity (Wildman–Crippen MR) is 112 cm³/mol. The molecule has 0 bridgehead atoms. The lowest BCUT2D eigenvalue weighted by Gasteiger charge is -2.23. The number of hydrogen-bond donors (Lipinski definition) is 2. The molecule has 2 N–H and O–H groups in total. The van der Waals surface area contributed by atoms with E-state index in [1.54, 1.807) is 17.8 Å². The highest BCUT2D eigenvalue weighted by atomic mass is 32.2. The number of carbonyl (C=O) groups is 2. The van der Waals surface area contributed by atoms with Crippen LogP contribution in [0.1, 0.15) is 30.1 Å². The molecule has 2 amide bonds. The summed E-state index contributed by atoms with van der Waals surface area (Å²) in [5.74, 6) is 0.656. The van der Waals surface area contributed by atoms with E-state index in [4.69, 9.17) is 0 Å². The molecule has 1 heterocycles. The number of hydrogen-bond acceptors (Lipinski definition) is 4. The maximum absolute atomic E-state index is 12.4. The number of benzene rings is 2. The number of amides is 2. The highest BCUT2D eigenvalue weighted by Gasteiger charge is 2.15. The molecule has 2 aromatic rings. The van der Waals surface area contributed by atoms with Gasteiger partial charge in [0.15, 0.2) is 0 Å². The van der Waals surface area contributed by atoms with E-state index in [-0.39, 0.29) is 11.8 Å². The van der Waals surface area contributed by atoms with Gasteiger partial charge in [-0.15, -0.1) is 11.8 Å². The standard InChI is InChI=1S/C21H25N3O2S/c1-2-24(17-7-4-3-5-8-17)13-6-12-22-21(26)16-9-10-19-18(15-16)23-20(25)11-14-27-19/h3-5,7-10,15H,2,6,11-14H2,1H3,(H,22,26)(H,23,25). The molecule has 2 aromatic carbocycles. The number of thioether (sulfide) groups is 1. The first kappa shape index (κ1) is 19.3. The van der Waals surface area contributed by atoms with Crippen LogP contribution in [-0.2, 0) is 4.79 Å². The van der Waals surface area contributed by atoms with Crippen molar-refractivity contribution < 1.29 is 9.59 Å². The topological polar surface area (TPSA) is 61.4 Å². The molecule has 0 atom stereocenters. The van der Waals surface area contributed by atoms with Gasteiger partial charge >= 0.3 is 0 Å². The van der Waals surface area contributed by atoms with E-state index in [0.29, 0.717) is 18.5 Å². The summed E-state index contributed by atoms with van der Waals surface area (Å²) in [6, 6.07) is 15.8. The van der Waals surface area contributed by atoms with Gasteiger partial charge in [0, 0.05) is 48.0 Å². The summed E-state index contributed by atoms with van der Waals surface area (Å²) in [7, 11) is 0. The molecule has 6 heteroatoms. The third-order valence-corrected chi connectivity index (χ3v) is 5.57. The number of para-hydroxylation sites is 1. The Morgan fingerprint density at radius 2 is 2.04 bits per heavy atom. The largest absolute Gasteiger partial charge is 0.372 e. The smallest absolute Gasteiger partial charge is 0.251 e. The monoisotopic (exact) mass is 383 g/mol. The summed E-state index contributed by atoms with van der Waals surface area (Å²) < 4.78 is 0. The zero-order valence-electron chi connectivity index (χ0n) is 15.5. The van der Waals surface area contributed by atoms with Crippen LogP contribution in [-0.4, -0.2) is 37.2 Å². The molecule has 1 aliphatic rings. The van der Waals surface area contributed by atoms with Crippen LogP contribution in [0.4, 0.5) is 11.4 Å². The van der Waals surface area contributed by atoms with Crippen molar-refractivity contribution in [3.05, 3.63) is 54.1 Å². The van der Waals surface area contributed by atoms with Crippen molar-refractivity contribution in [2.75, 3.05) is 35.6 Å². The quantitative estimate of drug-likeness (QED) is 0.715. The number of fused-ring (bicyclic) bond motifs is 1. The lowest BCUT2D eigenvalue weighted by Crippen LogP contribution is -2.30. The van der Waals surface area contributed by atoms with Crippen molar-refractivity contribution in [1.82, 2.24) is 5.32 Å². The number of nitrogens with zero attached hydrogens (tertiary/aromatic N) is 1. The van der Waals surface area contributed by atoms with Crippen LogP contribution in [0.25, 0.3) is 0 Å². The lowest BCUT2D eigenvalue weighted by atomic mass is 10.2. The first-order chi connectivity index (χ1) is 13.2. The van der Waals surface area contributed by atoms with Crippen LogP contribution in [0.2, 0.25) is 0 Å². The molecule has 5 nitrogen and oxygen atoms in total. The Balaban J connectivity index is 1.51. The maximum Gasteiger partial charge on any atom is 0.251 e. The van der Waals surface area contributed by atoms with E-state index in [9.17, 15) is 9.59 Å². The molecular weight excluding hydrogens is 358 g/mol. The highest BCUT2D eigenvalue weighted by molar-refractivity contribution is 7.99. The SMILES string of the molecule is CCN(CCCNC(=O)c1ccc2c(c1)NC(=O)CCS2)c1ccccc1. The van der Waals surface area contributed by atoms with Gasteiger partial charge < -0.3 is 15.5 Å². The molecule has 0 fully saturated rings. The van der Waals surface area contributed by atoms with Gasteiger partial charge in [-0.1, -0.05) is 18.2 Å². The fraction of sp³-hybridized carbons (Fsp3) is 0.333. The molecule has 1 aliphatic heterocycles. The van der Waals surface area contributed by atoms with Crippen molar-refractivity contribution in [3.63, 3.8) is 0 Å². The van der Waals surface area contributed by atoms with Crippen LogP contribution < -0.4 is 15.5 Å².